The van der Waals surface area contributed by atoms with E-state index in [4.69, 9.17) is 16.3 Å². The molecule has 0 N–H and O–H groups in total. The van der Waals surface area contributed by atoms with Crippen LogP contribution in [0.3, 0.4) is 0 Å². The van der Waals surface area contributed by atoms with E-state index < -0.39 is 11.8 Å². The van der Waals surface area contributed by atoms with Gasteiger partial charge in [-0.1, -0.05) is 16.8 Å². The molecule has 3 rings (SSSR count). The fourth-order valence-electron chi connectivity index (χ4n) is 2.51. The Labute approximate surface area is 154 Å². The highest BCUT2D eigenvalue weighted by Gasteiger charge is 2.14. The zero-order valence-electron chi connectivity index (χ0n) is 14.1. The first-order valence-corrected chi connectivity index (χ1v) is 8.00. The maximum Gasteiger partial charge on any atom is 0.337 e. The van der Waals surface area contributed by atoms with Crippen LogP contribution in [0.1, 0.15) is 15.9 Å². The SMILES string of the molecule is COC(=O)c1ccc(-c2cn(Cc3cc(Cl)ccc3OC)nn2)c(F)c1. The Balaban J connectivity index is 1.87. The second-order valence-corrected chi connectivity index (χ2v) is 5.88. The number of hydrogen-bond donors (Lipinski definition) is 0. The summed E-state index contributed by atoms with van der Waals surface area (Å²) < 4.78 is 25.8. The summed E-state index contributed by atoms with van der Waals surface area (Å²) in [5.41, 5.74) is 1.53. The van der Waals surface area contributed by atoms with Gasteiger partial charge in [-0.2, -0.15) is 0 Å². The van der Waals surface area contributed by atoms with Crippen LogP contribution < -0.4 is 4.74 Å². The Bertz CT molecular complexity index is 959. The molecule has 6 nitrogen and oxygen atoms in total. The molecular weight excluding hydrogens is 361 g/mol. The Morgan fingerprint density at radius 3 is 2.73 bits per heavy atom. The first kappa shape index (κ1) is 17.9. The molecule has 0 aliphatic heterocycles. The summed E-state index contributed by atoms with van der Waals surface area (Å²) in [6.07, 6.45) is 1.61. The summed E-state index contributed by atoms with van der Waals surface area (Å²) in [7, 11) is 2.81. The van der Waals surface area contributed by atoms with Crippen molar-refractivity contribution in [2.24, 2.45) is 0 Å². The summed E-state index contributed by atoms with van der Waals surface area (Å²) in [5, 5.41) is 8.59. The third-order valence-corrected chi connectivity index (χ3v) is 4.01. The van der Waals surface area contributed by atoms with Crippen LogP contribution in [0.15, 0.2) is 42.6 Å². The molecule has 0 spiro atoms. The van der Waals surface area contributed by atoms with Crippen LogP contribution in [0.5, 0.6) is 5.75 Å². The molecule has 0 radical (unpaired) electrons. The van der Waals surface area contributed by atoms with Crippen LogP contribution in [-0.2, 0) is 11.3 Å². The molecule has 1 heterocycles. The Morgan fingerprint density at radius 2 is 2.04 bits per heavy atom. The van der Waals surface area contributed by atoms with Crippen LogP contribution in [0.2, 0.25) is 5.02 Å². The van der Waals surface area contributed by atoms with Crippen molar-refractivity contribution in [3.05, 3.63) is 64.6 Å². The number of benzene rings is 2. The van der Waals surface area contributed by atoms with Gasteiger partial charge in [0, 0.05) is 16.1 Å². The topological polar surface area (TPSA) is 66.2 Å². The molecule has 26 heavy (non-hydrogen) atoms. The smallest absolute Gasteiger partial charge is 0.337 e. The Kier molecular flexibility index (Phi) is 5.18. The summed E-state index contributed by atoms with van der Waals surface area (Å²) in [4.78, 5) is 11.5. The van der Waals surface area contributed by atoms with E-state index in [1.165, 1.54) is 19.2 Å². The number of methoxy groups -OCH3 is 2. The number of hydrogen-bond acceptors (Lipinski definition) is 5. The largest absolute Gasteiger partial charge is 0.496 e. The minimum atomic E-state index is -0.604. The number of ether oxygens (including phenoxy) is 2. The van der Waals surface area contributed by atoms with Crippen LogP contribution >= 0.6 is 11.6 Å². The minimum absolute atomic E-state index is 0.129. The number of carbonyl (C=O) groups excluding carboxylic acids is 1. The first-order valence-electron chi connectivity index (χ1n) is 7.62. The third-order valence-electron chi connectivity index (χ3n) is 3.78. The highest BCUT2D eigenvalue weighted by molar-refractivity contribution is 6.30. The monoisotopic (exact) mass is 375 g/mol. The van der Waals surface area contributed by atoms with E-state index in [9.17, 15) is 9.18 Å². The van der Waals surface area contributed by atoms with Gasteiger partial charge >= 0.3 is 5.97 Å². The van der Waals surface area contributed by atoms with Gasteiger partial charge in [-0.3, -0.25) is 0 Å². The average molecular weight is 376 g/mol. The molecule has 134 valence electrons. The average Bonchev–Trinajstić information content (AvgIpc) is 3.09. The lowest BCUT2D eigenvalue weighted by Crippen LogP contribution is -2.02. The van der Waals surface area contributed by atoms with Gasteiger partial charge in [-0.15, -0.1) is 5.10 Å². The number of rotatable bonds is 5. The lowest BCUT2D eigenvalue weighted by molar-refractivity contribution is 0.0600. The molecule has 8 heteroatoms. The maximum absolute atomic E-state index is 14.3. The fourth-order valence-corrected chi connectivity index (χ4v) is 2.71. The minimum Gasteiger partial charge on any atom is -0.496 e. The molecule has 1 aromatic heterocycles. The van der Waals surface area contributed by atoms with Gasteiger partial charge in [0.1, 0.15) is 17.3 Å². The maximum atomic E-state index is 14.3. The summed E-state index contributed by atoms with van der Waals surface area (Å²) in [6, 6.07) is 9.32. The molecule has 3 aromatic rings. The summed E-state index contributed by atoms with van der Waals surface area (Å²) in [5.74, 6) is -0.521. The molecular formula is C18H15ClFN3O3. The normalized spacial score (nSPS) is 10.6. The predicted octanol–water partition coefficient (Wildman–Crippen LogP) is 3.58. The molecule has 0 aliphatic carbocycles. The van der Waals surface area contributed by atoms with E-state index in [0.29, 0.717) is 23.0 Å². The standard InChI is InChI=1S/C18H15ClFN3O3/c1-25-17-6-4-13(19)7-12(17)9-23-10-16(21-22-23)14-5-3-11(8-15(14)20)18(24)26-2/h3-8,10H,9H2,1-2H3. The van der Waals surface area contributed by atoms with Crippen molar-refractivity contribution >= 4 is 17.6 Å². The molecule has 0 saturated heterocycles. The fraction of sp³-hybridized carbons (Fsp3) is 0.167. The van der Waals surface area contributed by atoms with Crippen molar-refractivity contribution in [2.75, 3.05) is 14.2 Å². The molecule has 0 atom stereocenters. The van der Waals surface area contributed by atoms with Crippen LogP contribution in [-0.4, -0.2) is 35.2 Å². The number of nitrogens with zero attached hydrogens (tertiary/aromatic N) is 3. The lowest BCUT2D eigenvalue weighted by atomic mass is 10.1. The van der Waals surface area contributed by atoms with Crippen molar-refractivity contribution < 1.29 is 18.7 Å². The molecule has 0 amide bonds. The van der Waals surface area contributed by atoms with E-state index in [2.05, 4.69) is 15.0 Å². The van der Waals surface area contributed by atoms with Gasteiger partial charge in [0.25, 0.3) is 0 Å². The number of carbonyl (C=O) groups is 1. The van der Waals surface area contributed by atoms with Crippen molar-refractivity contribution in [3.8, 4) is 17.0 Å². The van der Waals surface area contributed by atoms with Crippen LogP contribution in [0.25, 0.3) is 11.3 Å². The van der Waals surface area contributed by atoms with Gasteiger partial charge in [0.15, 0.2) is 0 Å². The van der Waals surface area contributed by atoms with Gasteiger partial charge in [-0.05, 0) is 36.4 Å². The van der Waals surface area contributed by atoms with E-state index in [1.807, 2.05) is 0 Å². The van der Waals surface area contributed by atoms with Gasteiger partial charge in [-0.25, -0.2) is 13.9 Å². The molecule has 0 aliphatic rings. The Morgan fingerprint density at radius 1 is 1.23 bits per heavy atom. The number of esters is 1. The van der Waals surface area contributed by atoms with Gasteiger partial charge in [0.05, 0.1) is 32.5 Å². The van der Waals surface area contributed by atoms with E-state index in [0.717, 1.165) is 11.6 Å². The highest BCUT2D eigenvalue weighted by Crippen LogP contribution is 2.25. The number of aromatic nitrogens is 3. The third kappa shape index (κ3) is 3.67. The van der Waals surface area contributed by atoms with Crippen LogP contribution in [0, 0.1) is 5.82 Å². The highest BCUT2D eigenvalue weighted by atomic mass is 35.5. The van der Waals surface area contributed by atoms with Crippen molar-refractivity contribution in [3.63, 3.8) is 0 Å². The summed E-state index contributed by atoms with van der Waals surface area (Å²) >= 11 is 6.03. The van der Waals surface area contributed by atoms with Crippen LogP contribution in [0.4, 0.5) is 4.39 Å². The zero-order chi connectivity index (χ0) is 18.7. The van der Waals surface area contributed by atoms with Gasteiger partial charge in [0.2, 0.25) is 0 Å². The predicted molar refractivity (Wildman–Crippen MR) is 93.9 cm³/mol. The zero-order valence-corrected chi connectivity index (χ0v) is 14.8. The first-order chi connectivity index (χ1) is 12.5. The molecule has 2 aromatic carbocycles. The molecule has 0 fully saturated rings. The van der Waals surface area contributed by atoms with Crippen molar-refractivity contribution in [1.82, 2.24) is 15.0 Å². The van der Waals surface area contributed by atoms with E-state index in [1.54, 1.807) is 36.2 Å². The Hall–Kier alpha value is -2.93. The number of halogens is 2. The van der Waals surface area contributed by atoms with E-state index >= 15 is 0 Å². The molecule has 0 bridgehead atoms. The summed E-state index contributed by atoms with van der Waals surface area (Å²) in [6.45, 7) is 0.360. The second kappa shape index (κ2) is 7.53. The second-order valence-electron chi connectivity index (χ2n) is 5.44. The molecule has 0 saturated carbocycles. The molecule has 0 unspecified atom stereocenters. The lowest BCUT2D eigenvalue weighted by Gasteiger charge is -2.08. The van der Waals surface area contributed by atoms with Gasteiger partial charge < -0.3 is 9.47 Å². The van der Waals surface area contributed by atoms with E-state index in [-0.39, 0.29) is 11.1 Å². The van der Waals surface area contributed by atoms with Crippen molar-refractivity contribution in [2.45, 2.75) is 6.54 Å². The quantitative estimate of drug-likeness (QED) is 0.638. The van der Waals surface area contributed by atoms with Crippen molar-refractivity contribution in [1.29, 1.82) is 0 Å².